The molecule has 0 heterocycles. The smallest absolute Gasteiger partial charge is 0.330 e. The highest BCUT2D eigenvalue weighted by Gasteiger charge is 2.65. The molecule has 0 aliphatic heterocycles. The summed E-state index contributed by atoms with van der Waals surface area (Å²) in [6.45, 7) is 16.6. The number of aliphatic carboxylic acids is 1. The third-order valence-electron chi connectivity index (χ3n) is 12.1. The first-order valence-corrected chi connectivity index (χ1v) is 14.8. The van der Waals surface area contributed by atoms with Gasteiger partial charge in [-0.25, -0.2) is 4.79 Å². The summed E-state index contributed by atoms with van der Waals surface area (Å²) in [6.07, 6.45) is 14.9. The standard InChI is InChI=1S/C31H49N3O2S/c1-19(9-8-10-20(2)26(35)36)21-13-17-31(7)23-11-12-24-28(3,4)25(33-34-27(32)37)15-16-29(24,5)22(23)14-18-30(21,31)6/h10-11,19,21-22,24H,8-9,12-18H2,1-7H3,(H,35,36)(H3,32,34,37)/b20-10-,33-25-/t19-,21-,22-,24-,29+,30-,31+/m0/s1. The number of carboxylic acids is 1. The molecule has 4 N–H and O–H groups in total. The Kier molecular flexibility index (Phi) is 7.51. The number of nitrogens with one attached hydrogen (secondary N) is 1. The number of hydrogen-bond acceptors (Lipinski definition) is 3. The van der Waals surface area contributed by atoms with Crippen molar-refractivity contribution in [2.45, 2.75) is 106 Å². The number of hydrazone groups is 1. The number of fused-ring (bicyclic) bond motifs is 5. The van der Waals surface area contributed by atoms with E-state index in [0.717, 1.165) is 25.7 Å². The van der Waals surface area contributed by atoms with Crippen molar-refractivity contribution < 1.29 is 9.90 Å². The predicted octanol–water partition coefficient (Wildman–Crippen LogP) is 7.23. The average Bonchev–Trinajstić information content (AvgIpc) is 3.09. The van der Waals surface area contributed by atoms with Crippen molar-refractivity contribution in [1.29, 1.82) is 0 Å². The first kappa shape index (κ1) is 28.3. The molecule has 206 valence electrons. The van der Waals surface area contributed by atoms with E-state index in [9.17, 15) is 9.90 Å². The predicted molar refractivity (Wildman–Crippen MR) is 156 cm³/mol. The lowest BCUT2D eigenvalue weighted by atomic mass is 9.41. The number of thiocarbonyl (C=S) groups is 1. The van der Waals surface area contributed by atoms with E-state index in [2.05, 4.69) is 58.1 Å². The van der Waals surface area contributed by atoms with E-state index in [1.807, 2.05) is 6.08 Å². The summed E-state index contributed by atoms with van der Waals surface area (Å²) in [5, 5.41) is 14.1. The number of rotatable bonds is 6. The van der Waals surface area contributed by atoms with Crippen molar-refractivity contribution in [2.75, 3.05) is 0 Å². The summed E-state index contributed by atoms with van der Waals surface area (Å²) in [4.78, 5) is 11.2. The topological polar surface area (TPSA) is 87.7 Å². The lowest BCUT2D eigenvalue weighted by molar-refractivity contribution is -0.132. The Morgan fingerprint density at radius 3 is 2.59 bits per heavy atom. The van der Waals surface area contributed by atoms with Crippen molar-refractivity contribution in [3.05, 3.63) is 23.3 Å². The van der Waals surface area contributed by atoms with Crippen LogP contribution in [0.2, 0.25) is 0 Å². The van der Waals surface area contributed by atoms with Gasteiger partial charge < -0.3 is 10.8 Å². The number of allylic oxidation sites excluding steroid dienone is 3. The molecule has 0 spiro atoms. The zero-order valence-corrected chi connectivity index (χ0v) is 24.9. The molecular formula is C31H49N3O2S. The van der Waals surface area contributed by atoms with E-state index in [0.29, 0.717) is 34.7 Å². The monoisotopic (exact) mass is 527 g/mol. The van der Waals surface area contributed by atoms with Gasteiger partial charge in [-0.3, -0.25) is 5.43 Å². The van der Waals surface area contributed by atoms with E-state index in [1.54, 1.807) is 12.5 Å². The van der Waals surface area contributed by atoms with Crippen LogP contribution in [0.5, 0.6) is 0 Å². The van der Waals surface area contributed by atoms with Crippen LogP contribution in [-0.2, 0) is 4.79 Å². The Hall–Kier alpha value is -1.69. The van der Waals surface area contributed by atoms with Gasteiger partial charge >= 0.3 is 5.97 Å². The number of carbonyl (C=O) groups is 1. The van der Waals surface area contributed by atoms with E-state index < -0.39 is 5.97 Å². The molecule has 7 atom stereocenters. The van der Waals surface area contributed by atoms with Gasteiger partial charge in [0.05, 0.1) is 0 Å². The zero-order chi connectivity index (χ0) is 27.4. The maximum atomic E-state index is 11.2. The van der Waals surface area contributed by atoms with Gasteiger partial charge in [-0.15, -0.1) is 0 Å². The van der Waals surface area contributed by atoms with Gasteiger partial charge in [-0.05, 0) is 117 Å². The Balaban J connectivity index is 1.58. The van der Waals surface area contributed by atoms with Crippen LogP contribution in [0.3, 0.4) is 0 Å². The molecule has 5 nitrogen and oxygen atoms in total. The van der Waals surface area contributed by atoms with Crippen LogP contribution in [0, 0.1) is 45.3 Å². The van der Waals surface area contributed by atoms with Gasteiger partial charge in [-0.2, -0.15) is 5.10 Å². The molecule has 3 saturated carbocycles. The average molecular weight is 528 g/mol. The lowest BCUT2D eigenvalue weighted by Gasteiger charge is -2.63. The van der Waals surface area contributed by atoms with Crippen molar-refractivity contribution in [1.82, 2.24) is 5.43 Å². The fraction of sp³-hybridized carbons (Fsp3) is 0.774. The summed E-state index contributed by atoms with van der Waals surface area (Å²) in [5.41, 5.74) is 12.8. The summed E-state index contributed by atoms with van der Waals surface area (Å²) >= 11 is 5.01. The van der Waals surface area contributed by atoms with Crippen LogP contribution in [0.15, 0.2) is 28.4 Å². The van der Waals surface area contributed by atoms with Crippen LogP contribution < -0.4 is 11.2 Å². The molecule has 0 aromatic rings. The van der Waals surface area contributed by atoms with Crippen LogP contribution in [0.1, 0.15) is 106 Å². The Labute approximate surface area is 229 Å². The molecule has 0 aromatic heterocycles. The molecule has 4 aliphatic carbocycles. The van der Waals surface area contributed by atoms with Crippen molar-refractivity contribution in [2.24, 2.45) is 56.2 Å². The van der Waals surface area contributed by atoms with Crippen molar-refractivity contribution >= 4 is 29.0 Å². The molecule has 0 saturated heterocycles. The first-order chi connectivity index (χ1) is 17.2. The van der Waals surface area contributed by atoms with Gasteiger partial charge in [0.25, 0.3) is 0 Å². The van der Waals surface area contributed by atoms with Gasteiger partial charge in [-0.1, -0.05) is 59.3 Å². The number of hydrogen-bond donors (Lipinski definition) is 3. The van der Waals surface area contributed by atoms with E-state index in [4.69, 9.17) is 18.0 Å². The lowest BCUT2D eigenvalue weighted by Crippen LogP contribution is -2.57. The Bertz CT molecular complexity index is 1050. The minimum Gasteiger partial charge on any atom is -0.478 e. The summed E-state index contributed by atoms with van der Waals surface area (Å²) < 4.78 is 0. The minimum atomic E-state index is -0.800. The second kappa shape index (κ2) is 9.81. The molecule has 3 fully saturated rings. The summed E-state index contributed by atoms with van der Waals surface area (Å²) in [7, 11) is 0. The normalized spacial score (nSPS) is 40.7. The zero-order valence-electron chi connectivity index (χ0n) is 24.1. The van der Waals surface area contributed by atoms with Crippen LogP contribution >= 0.6 is 12.2 Å². The molecule has 0 amide bonds. The molecule has 4 rings (SSSR count). The molecule has 6 heteroatoms. The number of carboxylic acid groups (broad SMARTS) is 1. The largest absolute Gasteiger partial charge is 0.478 e. The second-order valence-corrected chi connectivity index (χ2v) is 14.4. The van der Waals surface area contributed by atoms with Crippen molar-refractivity contribution in [3.8, 4) is 0 Å². The van der Waals surface area contributed by atoms with Crippen molar-refractivity contribution in [3.63, 3.8) is 0 Å². The Morgan fingerprint density at radius 2 is 1.95 bits per heavy atom. The fourth-order valence-corrected chi connectivity index (χ4v) is 9.70. The van der Waals surface area contributed by atoms with Gasteiger partial charge in [0.15, 0.2) is 5.11 Å². The van der Waals surface area contributed by atoms with Gasteiger partial charge in [0, 0.05) is 16.7 Å². The quantitative estimate of drug-likeness (QED) is 0.147. The molecule has 0 unspecified atom stereocenters. The van der Waals surface area contributed by atoms with E-state index >= 15 is 0 Å². The maximum Gasteiger partial charge on any atom is 0.330 e. The maximum absolute atomic E-state index is 11.2. The number of nitrogens with zero attached hydrogens (tertiary/aromatic N) is 1. The van der Waals surface area contributed by atoms with Crippen LogP contribution in [0.4, 0.5) is 0 Å². The van der Waals surface area contributed by atoms with Crippen LogP contribution in [0.25, 0.3) is 0 Å². The fourth-order valence-electron chi connectivity index (χ4n) is 9.65. The highest BCUT2D eigenvalue weighted by atomic mass is 32.1. The molecule has 0 radical (unpaired) electrons. The molecule has 37 heavy (non-hydrogen) atoms. The molecule has 4 aliphatic rings. The SMILES string of the molecule is C/C(=C/CC[C@H](C)[C@@H]1CC[C@]2(C)C3=CC[C@H]4C(C)(C)/C(=N\NC(N)=S)CC[C@]4(C)[C@H]3CC[C@@]12C)C(=O)O. The highest BCUT2D eigenvalue weighted by molar-refractivity contribution is 7.80. The summed E-state index contributed by atoms with van der Waals surface area (Å²) in [5.74, 6) is 1.69. The van der Waals surface area contributed by atoms with Gasteiger partial charge in [0.1, 0.15) is 0 Å². The molecule has 0 aromatic carbocycles. The van der Waals surface area contributed by atoms with E-state index in [-0.39, 0.29) is 21.4 Å². The molecule has 0 bridgehead atoms. The molecular weight excluding hydrogens is 478 g/mol. The third kappa shape index (κ3) is 4.49. The third-order valence-corrected chi connectivity index (χ3v) is 12.2. The number of nitrogens with two attached hydrogens (primary N) is 1. The van der Waals surface area contributed by atoms with E-state index in [1.165, 1.54) is 37.8 Å². The highest BCUT2D eigenvalue weighted by Crippen LogP contribution is 2.73. The minimum absolute atomic E-state index is 0.00277. The summed E-state index contributed by atoms with van der Waals surface area (Å²) in [6, 6.07) is 0. The van der Waals surface area contributed by atoms with Crippen LogP contribution in [-0.4, -0.2) is 21.9 Å². The second-order valence-electron chi connectivity index (χ2n) is 13.9. The first-order valence-electron chi connectivity index (χ1n) is 14.4. The van der Waals surface area contributed by atoms with Gasteiger partial charge in [0.2, 0.25) is 0 Å². The Morgan fingerprint density at radius 1 is 1.24 bits per heavy atom.